The first-order valence-corrected chi connectivity index (χ1v) is 8.33. The van der Waals surface area contributed by atoms with E-state index < -0.39 is 21.7 Å². The van der Waals surface area contributed by atoms with E-state index in [-0.39, 0.29) is 10.0 Å². The van der Waals surface area contributed by atoms with Gasteiger partial charge in [0.2, 0.25) is 0 Å². The molecule has 2 aromatic rings. The molecule has 1 N–H and O–H groups in total. The van der Waals surface area contributed by atoms with E-state index in [9.17, 15) is 17.6 Å². The van der Waals surface area contributed by atoms with E-state index in [0.29, 0.717) is 5.69 Å². The fourth-order valence-electron chi connectivity index (χ4n) is 1.53. The molecule has 5 nitrogen and oxygen atoms in total. The Bertz CT molecular complexity index is 823. The molecule has 1 heterocycles. The van der Waals surface area contributed by atoms with Crippen LogP contribution in [0.1, 0.15) is 16.1 Å². The lowest BCUT2D eigenvalue weighted by molar-refractivity contribution is 0.0981. The molecule has 0 aliphatic heterocycles. The van der Waals surface area contributed by atoms with Crippen LogP contribution in [0.5, 0.6) is 0 Å². The van der Waals surface area contributed by atoms with Gasteiger partial charge in [0.15, 0.2) is 0 Å². The van der Waals surface area contributed by atoms with Crippen LogP contribution in [-0.4, -0.2) is 19.3 Å². The van der Waals surface area contributed by atoms with Crippen molar-refractivity contribution in [2.24, 2.45) is 0 Å². The number of nitrogens with one attached hydrogen (secondary N) is 1. The summed E-state index contributed by atoms with van der Waals surface area (Å²) in [6.45, 7) is 0. The van der Waals surface area contributed by atoms with E-state index in [1.54, 1.807) is 18.2 Å². The van der Waals surface area contributed by atoms with Crippen molar-refractivity contribution in [3.63, 3.8) is 0 Å². The summed E-state index contributed by atoms with van der Waals surface area (Å²) in [6, 6.07) is 8.34. The van der Waals surface area contributed by atoms with Crippen molar-refractivity contribution in [2.45, 2.75) is 0 Å². The summed E-state index contributed by atoms with van der Waals surface area (Å²) in [6.07, 6.45) is 2.77. The molecule has 1 aromatic carbocycles. The van der Waals surface area contributed by atoms with E-state index in [1.165, 1.54) is 18.3 Å². The normalized spacial score (nSPS) is 11.5. The molecule has 0 aliphatic rings. The van der Waals surface area contributed by atoms with Gasteiger partial charge in [-0.15, -0.1) is 0 Å². The number of sulfonamides is 1. The molecule has 0 unspecified atom stereocenters. The number of amides is 1. The van der Waals surface area contributed by atoms with Gasteiger partial charge in [-0.3, -0.25) is 9.78 Å². The molecule has 0 radical (unpaired) electrons. The smallest absolute Gasteiger partial charge is 0.266 e. The molecule has 1 aromatic heterocycles. The van der Waals surface area contributed by atoms with Crippen LogP contribution in [0, 0.1) is 5.82 Å². The molecule has 8 heteroatoms. The second-order valence-corrected chi connectivity index (χ2v) is 6.58. The molecule has 0 fully saturated rings. The Hall–Kier alpha value is -2.06. The number of rotatable bonds is 4. The minimum absolute atomic E-state index is 0.0104. The minimum Gasteiger partial charge on any atom is -0.268 e. The number of hydrogen-bond donors (Lipinski definition) is 1. The van der Waals surface area contributed by atoms with Crippen LogP contribution < -0.4 is 4.72 Å². The van der Waals surface area contributed by atoms with Crippen molar-refractivity contribution < 1.29 is 17.6 Å². The average molecular weight is 385 g/mol. The van der Waals surface area contributed by atoms with E-state index in [0.717, 1.165) is 17.5 Å². The number of carbonyl (C=O) groups is 1. The van der Waals surface area contributed by atoms with Crippen LogP contribution in [0.3, 0.4) is 0 Å². The summed E-state index contributed by atoms with van der Waals surface area (Å²) >= 11 is 3.01. The predicted octanol–water partition coefficient (Wildman–Crippen LogP) is 2.71. The maximum Gasteiger partial charge on any atom is 0.266 e. The van der Waals surface area contributed by atoms with Gasteiger partial charge in [-0.2, -0.15) is 0 Å². The van der Waals surface area contributed by atoms with Crippen LogP contribution in [0.4, 0.5) is 4.39 Å². The van der Waals surface area contributed by atoms with E-state index in [4.69, 9.17) is 0 Å². The molecule has 2 rings (SSSR count). The zero-order valence-electron chi connectivity index (χ0n) is 11.0. The molecule has 0 saturated carbocycles. The summed E-state index contributed by atoms with van der Waals surface area (Å²) in [7, 11) is -3.99. The Labute approximate surface area is 135 Å². The summed E-state index contributed by atoms with van der Waals surface area (Å²) < 4.78 is 38.6. The zero-order chi connectivity index (χ0) is 16.2. The lowest BCUT2D eigenvalue weighted by atomic mass is 10.2. The van der Waals surface area contributed by atoms with Crippen molar-refractivity contribution in [3.05, 3.63) is 69.6 Å². The molecule has 0 atom stereocenters. The highest BCUT2D eigenvalue weighted by atomic mass is 79.9. The van der Waals surface area contributed by atoms with Gasteiger partial charge in [0, 0.05) is 10.7 Å². The second-order valence-electron chi connectivity index (χ2n) is 4.16. The molecule has 0 saturated heterocycles. The summed E-state index contributed by atoms with van der Waals surface area (Å²) in [5.41, 5.74) is 0.444. The Kier molecular flexibility index (Phi) is 5.04. The number of halogens is 2. The number of nitrogens with zero attached hydrogens (tertiary/aromatic N) is 1. The quantitative estimate of drug-likeness (QED) is 0.878. The highest BCUT2D eigenvalue weighted by Gasteiger charge is 2.16. The van der Waals surface area contributed by atoms with Crippen LogP contribution in [-0.2, 0) is 10.0 Å². The third kappa shape index (κ3) is 4.47. The molecule has 22 heavy (non-hydrogen) atoms. The molecule has 114 valence electrons. The van der Waals surface area contributed by atoms with Gasteiger partial charge in [0.25, 0.3) is 15.9 Å². The largest absolute Gasteiger partial charge is 0.268 e. The number of pyridine rings is 1. The second kappa shape index (κ2) is 6.80. The number of carbonyl (C=O) groups excluding carboxylic acids is 1. The van der Waals surface area contributed by atoms with Crippen molar-refractivity contribution in [1.82, 2.24) is 9.71 Å². The third-order valence-corrected chi connectivity index (χ3v) is 4.14. The van der Waals surface area contributed by atoms with Gasteiger partial charge in [-0.1, -0.05) is 6.07 Å². The topological polar surface area (TPSA) is 76.1 Å². The lowest BCUT2D eigenvalue weighted by Gasteiger charge is -2.05. The number of aromatic nitrogens is 1. The van der Waals surface area contributed by atoms with Crippen molar-refractivity contribution in [2.75, 3.05) is 0 Å². The Balaban J connectivity index is 2.14. The van der Waals surface area contributed by atoms with E-state index in [2.05, 4.69) is 20.9 Å². The third-order valence-electron chi connectivity index (χ3n) is 2.52. The highest BCUT2D eigenvalue weighted by Crippen LogP contribution is 2.18. The van der Waals surface area contributed by atoms with Crippen LogP contribution in [0.15, 0.2) is 52.5 Å². The van der Waals surface area contributed by atoms with Gasteiger partial charge in [0.05, 0.1) is 16.7 Å². The van der Waals surface area contributed by atoms with Crippen molar-refractivity contribution in [3.8, 4) is 0 Å². The van der Waals surface area contributed by atoms with Gasteiger partial charge < -0.3 is 0 Å². The first-order valence-electron chi connectivity index (χ1n) is 5.99. The summed E-state index contributed by atoms with van der Waals surface area (Å²) in [5.74, 6) is -1.40. The van der Waals surface area contributed by atoms with Crippen LogP contribution in [0.2, 0.25) is 0 Å². The van der Waals surface area contributed by atoms with Gasteiger partial charge in [-0.05, 0) is 52.3 Å². The highest BCUT2D eigenvalue weighted by molar-refractivity contribution is 9.10. The van der Waals surface area contributed by atoms with Crippen molar-refractivity contribution in [1.29, 1.82) is 0 Å². The number of hydrogen-bond acceptors (Lipinski definition) is 4. The molecular formula is C14H10BrFN2O3S. The van der Waals surface area contributed by atoms with E-state index >= 15 is 0 Å². The maximum absolute atomic E-state index is 13.0. The van der Waals surface area contributed by atoms with Crippen LogP contribution in [0.25, 0.3) is 6.08 Å². The predicted molar refractivity (Wildman–Crippen MR) is 83.8 cm³/mol. The van der Waals surface area contributed by atoms with Gasteiger partial charge >= 0.3 is 0 Å². The van der Waals surface area contributed by atoms with E-state index in [1.807, 2.05) is 4.72 Å². The number of benzene rings is 1. The van der Waals surface area contributed by atoms with Gasteiger partial charge in [-0.25, -0.2) is 17.5 Å². The molecular weight excluding hydrogens is 375 g/mol. The maximum atomic E-state index is 13.0. The minimum atomic E-state index is -3.99. The molecule has 0 bridgehead atoms. The van der Waals surface area contributed by atoms with Crippen molar-refractivity contribution >= 4 is 37.9 Å². The molecule has 0 aliphatic carbocycles. The Morgan fingerprint density at radius 2 is 2.05 bits per heavy atom. The molecule has 0 spiro atoms. The standard InChI is InChI=1S/C14H10BrFN2O3S/c15-13-9-10(16)4-5-12(13)14(19)18-22(20,21)8-6-11-3-1-2-7-17-11/h1-9H,(H,18,19). The first-order chi connectivity index (χ1) is 10.4. The average Bonchev–Trinajstić information content (AvgIpc) is 2.45. The lowest BCUT2D eigenvalue weighted by Crippen LogP contribution is -2.29. The summed E-state index contributed by atoms with van der Waals surface area (Å²) in [5, 5.41) is 0.838. The van der Waals surface area contributed by atoms with Gasteiger partial charge in [0.1, 0.15) is 5.82 Å². The monoisotopic (exact) mass is 384 g/mol. The zero-order valence-corrected chi connectivity index (χ0v) is 13.4. The summed E-state index contributed by atoms with van der Waals surface area (Å²) in [4.78, 5) is 15.8. The molecule has 1 amide bonds. The van der Waals surface area contributed by atoms with Crippen LogP contribution >= 0.6 is 15.9 Å². The first kappa shape index (κ1) is 16.3. The fourth-order valence-corrected chi connectivity index (χ4v) is 2.81. The Morgan fingerprint density at radius 1 is 1.27 bits per heavy atom. The Morgan fingerprint density at radius 3 is 2.68 bits per heavy atom. The SMILES string of the molecule is O=C(NS(=O)(=O)C=Cc1ccccn1)c1ccc(F)cc1Br. The fraction of sp³-hybridized carbons (Fsp3) is 0.